The molecular weight excluding hydrogens is 243 g/mol. The molecular formula is C13H14F3NO. The van der Waals surface area contributed by atoms with Gasteiger partial charge in [0.2, 0.25) is 0 Å². The highest BCUT2D eigenvalue weighted by atomic mass is 19.4. The lowest BCUT2D eigenvalue weighted by Gasteiger charge is -2.19. The van der Waals surface area contributed by atoms with Crippen molar-refractivity contribution >= 4 is 6.21 Å². The van der Waals surface area contributed by atoms with E-state index in [0.29, 0.717) is 11.5 Å². The van der Waals surface area contributed by atoms with Crippen molar-refractivity contribution in [3.05, 3.63) is 35.4 Å². The van der Waals surface area contributed by atoms with Crippen molar-refractivity contribution in [2.75, 3.05) is 0 Å². The van der Waals surface area contributed by atoms with Gasteiger partial charge in [0, 0.05) is 6.21 Å². The Morgan fingerprint density at radius 1 is 1.33 bits per heavy atom. The Labute approximate surface area is 103 Å². The van der Waals surface area contributed by atoms with Crippen LogP contribution in [0.5, 0.6) is 0 Å². The number of alkyl halides is 3. The first kappa shape index (κ1) is 12.9. The number of rotatable bonds is 4. The first-order valence-corrected chi connectivity index (χ1v) is 5.87. The molecule has 0 bridgehead atoms. The second-order valence-electron chi connectivity index (χ2n) is 4.42. The molecule has 0 amide bonds. The standard InChI is InChI=1S/C13H14F3NO/c14-13(15,16)12-6-2-5-11(7-12)9-18-17-8-10-3-1-4-10/h2,5-8,10H,1,3-4,9H2. The molecule has 0 atom stereocenters. The van der Waals surface area contributed by atoms with Crippen LogP contribution in [0.15, 0.2) is 29.4 Å². The van der Waals surface area contributed by atoms with Crippen LogP contribution in [-0.4, -0.2) is 6.21 Å². The number of oxime groups is 1. The van der Waals surface area contributed by atoms with Gasteiger partial charge in [-0.25, -0.2) is 0 Å². The smallest absolute Gasteiger partial charge is 0.391 e. The fourth-order valence-electron chi connectivity index (χ4n) is 1.67. The van der Waals surface area contributed by atoms with E-state index in [1.54, 1.807) is 12.3 Å². The lowest BCUT2D eigenvalue weighted by molar-refractivity contribution is -0.137. The van der Waals surface area contributed by atoms with Crippen LogP contribution in [0, 0.1) is 5.92 Å². The molecule has 0 saturated heterocycles. The summed E-state index contributed by atoms with van der Waals surface area (Å²) in [5.41, 5.74) is -0.192. The van der Waals surface area contributed by atoms with Gasteiger partial charge in [0.05, 0.1) is 5.56 Å². The molecule has 5 heteroatoms. The third kappa shape index (κ3) is 3.48. The Kier molecular flexibility index (Phi) is 3.89. The summed E-state index contributed by atoms with van der Waals surface area (Å²) in [6.45, 7) is 0.0626. The second-order valence-corrected chi connectivity index (χ2v) is 4.42. The van der Waals surface area contributed by atoms with Crippen LogP contribution in [0.1, 0.15) is 30.4 Å². The molecule has 1 fully saturated rings. The molecule has 18 heavy (non-hydrogen) atoms. The summed E-state index contributed by atoms with van der Waals surface area (Å²) in [5.74, 6) is 0.478. The molecule has 1 aliphatic carbocycles. The van der Waals surface area contributed by atoms with Gasteiger partial charge in [0.15, 0.2) is 0 Å². The quantitative estimate of drug-likeness (QED) is 0.590. The lowest BCUT2D eigenvalue weighted by atomic mass is 9.87. The predicted molar refractivity (Wildman–Crippen MR) is 62.1 cm³/mol. The summed E-state index contributed by atoms with van der Waals surface area (Å²) in [6.07, 6.45) is 0.874. The molecule has 1 aliphatic rings. The summed E-state index contributed by atoms with van der Waals surface area (Å²) in [4.78, 5) is 5.00. The molecule has 98 valence electrons. The van der Waals surface area contributed by atoms with E-state index in [4.69, 9.17) is 4.84 Å². The van der Waals surface area contributed by atoms with Gasteiger partial charge in [0.1, 0.15) is 6.61 Å². The van der Waals surface area contributed by atoms with Crippen LogP contribution in [0.3, 0.4) is 0 Å². The molecule has 1 saturated carbocycles. The third-order valence-corrected chi connectivity index (χ3v) is 2.98. The average Bonchev–Trinajstić information content (AvgIpc) is 2.25. The summed E-state index contributed by atoms with van der Waals surface area (Å²) in [6, 6.07) is 5.09. The van der Waals surface area contributed by atoms with E-state index in [2.05, 4.69) is 5.16 Å². The van der Waals surface area contributed by atoms with E-state index in [1.165, 1.54) is 12.5 Å². The Bertz CT molecular complexity index is 424. The molecule has 0 spiro atoms. The van der Waals surface area contributed by atoms with Gasteiger partial charge in [-0.1, -0.05) is 23.7 Å². The van der Waals surface area contributed by atoms with E-state index in [9.17, 15) is 13.2 Å². The fourth-order valence-corrected chi connectivity index (χ4v) is 1.67. The van der Waals surface area contributed by atoms with Crippen molar-refractivity contribution in [3.63, 3.8) is 0 Å². The maximum absolute atomic E-state index is 12.4. The molecule has 0 unspecified atom stereocenters. The van der Waals surface area contributed by atoms with Crippen molar-refractivity contribution < 1.29 is 18.0 Å². The molecule has 1 aromatic carbocycles. The minimum absolute atomic E-state index is 0.0626. The topological polar surface area (TPSA) is 21.6 Å². The zero-order valence-corrected chi connectivity index (χ0v) is 9.78. The van der Waals surface area contributed by atoms with Crippen LogP contribution < -0.4 is 0 Å². The average molecular weight is 257 g/mol. The third-order valence-electron chi connectivity index (χ3n) is 2.98. The molecule has 1 aromatic rings. The lowest BCUT2D eigenvalue weighted by Crippen LogP contribution is -2.12. The van der Waals surface area contributed by atoms with Crippen LogP contribution in [0.4, 0.5) is 13.2 Å². The number of nitrogens with zero attached hydrogens (tertiary/aromatic N) is 1. The fraction of sp³-hybridized carbons (Fsp3) is 0.462. The van der Waals surface area contributed by atoms with E-state index < -0.39 is 11.7 Å². The summed E-state index contributed by atoms with van der Waals surface area (Å²) in [5, 5.41) is 3.77. The molecule has 0 aliphatic heterocycles. The van der Waals surface area contributed by atoms with Crippen LogP contribution in [-0.2, 0) is 17.6 Å². The van der Waals surface area contributed by atoms with Gasteiger partial charge in [-0.05, 0) is 36.5 Å². The molecule has 0 N–H and O–H groups in total. The number of hydrogen-bond acceptors (Lipinski definition) is 2. The highest BCUT2D eigenvalue weighted by Crippen LogP contribution is 2.29. The monoisotopic (exact) mass is 257 g/mol. The van der Waals surface area contributed by atoms with Crippen molar-refractivity contribution in [2.24, 2.45) is 11.1 Å². The Hall–Kier alpha value is -1.52. The van der Waals surface area contributed by atoms with Crippen molar-refractivity contribution in [2.45, 2.75) is 32.0 Å². The zero-order valence-electron chi connectivity index (χ0n) is 9.78. The minimum atomic E-state index is -4.31. The normalized spacial score (nSPS) is 16.8. The Morgan fingerprint density at radius 2 is 2.11 bits per heavy atom. The second kappa shape index (κ2) is 5.42. The van der Waals surface area contributed by atoms with E-state index >= 15 is 0 Å². The molecule has 0 aromatic heterocycles. The first-order valence-electron chi connectivity index (χ1n) is 5.87. The van der Waals surface area contributed by atoms with Gasteiger partial charge < -0.3 is 4.84 Å². The SMILES string of the molecule is FC(F)(F)c1cccc(CON=CC2CCC2)c1. The number of benzene rings is 1. The van der Waals surface area contributed by atoms with Crippen LogP contribution in [0.25, 0.3) is 0 Å². The largest absolute Gasteiger partial charge is 0.416 e. The predicted octanol–water partition coefficient (Wildman–Crippen LogP) is 4.01. The Balaban J connectivity index is 1.87. The maximum atomic E-state index is 12.4. The van der Waals surface area contributed by atoms with Gasteiger partial charge >= 0.3 is 6.18 Å². The highest BCUT2D eigenvalue weighted by molar-refractivity contribution is 5.60. The summed E-state index contributed by atoms with van der Waals surface area (Å²) >= 11 is 0. The molecule has 0 radical (unpaired) electrons. The zero-order chi connectivity index (χ0) is 13.0. The van der Waals surface area contributed by atoms with Gasteiger partial charge in [-0.3, -0.25) is 0 Å². The van der Waals surface area contributed by atoms with Crippen molar-refractivity contribution in [1.29, 1.82) is 0 Å². The maximum Gasteiger partial charge on any atom is 0.416 e. The number of hydrogen-bond donors (Lipinski definition) is 0. The van der Waals surface area contributed by atoms with Gasteiger partial charge in [0.25, 0.3) is 0 Å². The molecule has 2 nitrogen and oxygen atoms in total. The minimum Gasteiger partial charge on any atom is -0.391 e. The summed E-state index contributed by atoms with van der Waals surface area (Å²) in [7, 11) is 0. The van der Waals surface area contributed by atoms with Crippen LogP contribution in [0.2, 0.25) is 0 Å². The number of halogens is 3. The van der Waals surface area contributed by atoms with E-state index in [-0.39, 0.29) is 6.61 Å². The summed E-state index contributed by atoms with van der Waals surface area (Å²) < 4.78 is 37.3. The van der Waals surface area contributed by atoms with Crippen molar-refractivity contribution in [1.82, 2.24) is 0 Å². The Morgan fingerprint density at radius 3 is 2.72 bits per heavy atom. The molecule has 0 heterocycles. The van der Waals surface area contributed by atoms with Crippen LogP contribution >= 0.6 is 0 Å². The van der Waals surface area contributed by atoms with Crippen molar-refractivity contribution in [3.8, 4) is 0 Å². The first-order chi connectivity index (χ1) is 8.55. The van der Waals surface area contributed by atoms with E-state index in [0.717, 1.165) is 25.0 Å². The molecule has 2 rings (SSSR count). The van der Waals surface area contributed by atoms with Gasteiger partial charge in [-0.2, -0.15) is 13.2 Å². The van der Waals surface area contributed by atoms with Gasteiger partial charge in [-0.15, -0.1) is 0 Å². The van der Waals surface area contributed by atoms with E-state index in [1.807, 2.05) is 0 Å². The highest BCUT2D eigenvalue weighted by Gasteiger charge is 2.30.